The van der Waals surface area contributed by atoms with Crippen molar-refractivity contribution in [1.82, 2.24) is 4.90 Å². The maximum Gasteiger partial charge on any atom is 0.326 e. The van der Waals surface area contributed by atoms with Gasteiger partial charge in [-0.2, -0.15) is 0 Å². The molecule has 0 spiro atoms. The summed E-state index contributed by atoms with van der Waals surface area (Å²) in [5.41, 5.74) is 2.06. The van der Waals surface area contributed by atoms with E-state index in [1.165, 1.54) is 7.11 Å². The first kappa shape index (κ1) is 19.1. The topological polar surface area (TPSA) is 29.5 Å². The van der Waals surface area contributed by atoms with Crippen molar-refractivity contribution >= 4 is 5.97 Å². The van der Waals surface area contributed by atoms with Crippen LogP contribution in [0.4, 0.5) is 4.39 Å². The number of benzene rings is 2. The molecule has 0 saturated heterocycles. The summed E-state index contributed by atoms with van der Waals surface area (Å²) in [6.45, 7) is 4.51. The first-order valence-corrected chi connectivity index (χ1v) is 8.56. The molecule has 0 aliphatic rings. The number of hydrogen-bond donors (Lipinski definition) is 0. The van der Waals surface area contributed by atoms with Gasteiger partial charge in [0, 0.05) is 13.1 Å². The number of esters is 1. The second-order valence-electron chi connectivity index (χ2n) is 6.53. The largest absolute Gasteiger partial charge is 0.468 e. The van der Waals surface area contributed by atoms with Crippen LogP contribution in [0, 0.1) is 5.92 Å². The van der Waals surface area contributed by atoms with Crippen molar-refractivity contribution in [3.8, 4) is 0 Å². The predicted octanol–water partition coefficient (Wildman–Crippen LogP) is 4.22. The molecule has 0 saturated carbocycles. The summed E-state index contributed by atoms with van der Waals surface area (Å²) < 4.78 is 19.9. The zero-order valence-electron chi connectivity index (χ0n) is 15.1. The Balaban J connectivity index is 2.33. The Hall–Kier alpha value is -2.20. The molecule has 0 fully saturated rings. The fraction of sp³-hybridized carbons (Fsp3) is 0.381. The van der Waals surface area contributed by atoms with Crippen LogP contribution in [0.1, 0.15) is 25.0 Å². The highest BCUT2D eigenvalue weighted by atomic mass is 19.1. The normalized spacial score (nSPS) is 13.7. The van der Waals surface area contributed by atoms with Gasteiger partial charge in [0.1, 0.15) is 12.2 Å². The third-order valence-corrected chi connectivity index (χ3v) is 4.23. The van der Waals surface area contributed by atoms with Crippen LogP contribution in [0.15, 0.2) is 60.7 Å². The van der Waals surface area contributed by atoms with Gasteiger partial charge in [0.05, 0.1) is 7.11 Å². The Morgan fingerprint density at radius 2 is 1.40 bits per heavy atom. The molecule has 0 N–H and O–H groups in total. The third kappa shape index (κ3) is 5.40. The van der Waals surface area contributed by atoms with Gasteiger partial charge >= 0.3 is 5.97 Å². The van der Waals surface area contributed by atoms with E-state index in [0.717, 1.165) is 11.1 Å². The zero-order valence-corrected chi connectivity index (χ0v) is 15.1. The molecule has 0 unspecified atom stereocenters. The number of rotatable bonds is 8. The SMILES string of the molecule is COC(=O)[C@@H]([C@H](F)C(C)C)N(Cc1ccccc1)Cc1ccccc1. The maximum absolute atomic E-state index is 14.9. The summed E-state index contributed by atoms with van der Waals surface area (Å²) >= 11 is 0. The van der Waals surface area contributed by atoms with Gasteiger partial charge in [-0.15, -0.1) is 0 Å². The van der Waals surface area contributed by atoms with E-state index >= 15 is 0 Å². The van der Waals surface area contributed by atoms with E-state index in [9.17, 15) is 9.18 Å². The molecule has 3 nitrogen and oxygen atoms in total. The van der Waals surface area contributed by atoms with Crippen LogP contribution in [-0.2, 0) is 22.6 Å². The van der Waals surface area contributed by atoms with Gasteiger partial charge in [0.25, 0.3) is 0 Å². The molecule has 0 aromatic heterocycles. The molecule has 0 amide bonds. The van der Waals surface area contributed by atoms with Crippen molar-refractivity contribution in [2.24, 2.45) is 5.92 Å². The molecule has 2 atom stereocenters. The lowest BCUT2D eigenvalue weighted by molar-refractivity contribution is -0.151. The minimum Gasteiger partial charge on any atom is -0.468 e. The van der Waals surface area contributed by atoms with Gasteiger partial charge in [-0.25, -0.2) is 4.39 Å². The van der Waals surface area contributed by atoms with Gasteiger partial charge in [-0.1, -0.05) is 74.5 Å². The van der Waals surface area contributed by atoms with Gasteiger partial charge in [-0.05, 0) is 17.0 Å². The number of alkyl halides is 1. The third-order valence-electron chi connectivity index (χ3n) is 4.23. The monoisotopic (exact) mass is 343 g/mol. The fourth-order valence-corrected chi connectivity index (χ4v) is 2.85. The Kier molecular flexibility index (Phi) is 7.14. The molecule has 2 rings (SSSR count). The molecular formula is C21H26FNO2. The van der Waals surface area contributed by atoms with Crippen LogP contribution < -0.4 is 0 Å². The Morgan fingerprint density at radius 3 is 1.76 bits per heavy atom. The van der Waals surface area contributed by atoms with Crippen molar-refractivity contribution < 1.29 is 13.9 Å². The highest BCUT2D eigenvalue weighted by molar-refractivity contribution is 5.76. The summed E-state index contributed by atoms with van der Waals surface area (Å²) in [5, 5.41) is 0. The van der Waals surface area contributed by atoms with Crippen molar-refractivity contribution in [1.29, 1.82) is 0 Å². The van der Waals surface area contributed by atoms with Crippen LogP contribution in [0.5, 0.6) is 0 Å². The lowest BCUT2D eigenvalue weighted by Gasteiger charge is -2.33. The van der Waals surface area contributed by atoms with Crippen molar-refractivity contribution in [3.63, 3.8) is 0 Å². The van der Waals surface area contributed by atoms with Crippen LogP contribution >= 0.6 is 0 Å². The van der Waals surface area contributed by atoms with Crippen molar-refractivity contribution in [2.45, 2.75) is 39.2 Å². The highest BCUT2D eigenvalue weighted by Gasteiger charge is 2.36. The van der Waals surface area contributed by atoms with Crippen molar-refractivity contribution in [2.75, 3.05) is 7.11 Å². The molecule has 2 aromatic carbocycles. The standard InChI is InChI=1S/C21H26FNO2/c1-16(2)19(22)20(21(24)25-3)23(14-17-10-6-4-7-11-17)15-18-12-8-5-9-13-18/h4-13,16,19-20H,14-15H2,1-3H3/t19-,20-/m1/s1. The first-order chi connectivity index (χ1) is 12.0. The molecule has 0 bridgehead atoms. The van der Waals surface area contributed by atoms with Gasteiger partial charge in [-0.3, -0.25) is 9.69 Å². The van der Waals surface area contributed by atoms with Crippen LogP contribution in [0.2, 0.25) is 0 Å². The minimum atomic E-state index is -1.31. The highest BCUT2D eigenvalue weighted by Crippen LogP contribution is 2.22. The molecule has 0 aliphatic carbocycles. The Bertz CT molecular complexity index is 604. The smallest absolute Gasteiger partial charge is 0.326 e. The average molecular weight is 343 g/mol. The minimum absolute atomic E-state index is 0.279. The number of ether oxygens (including phenoxy) is 1. The average Bonchev–Trinajstić information content (AvgIpc) is 2.63. The summed E-state index contributed by atoms with van der Waals surface area (Å²) in [6.07, 6.45) is -1.31. The molecule has 4 heteroatoms. The van der Waals surface area contributed by atoms with E-state index in [1.54, 1.807) is 13.8 Å². The van der Waals surface area contributed by atoms with Crippen molar-refractivity contribution in [3.05, 3.63) is 71.8 Å². The fourth-order valence-electron chi connectivity index (χ4n) is 2.85. The second-order valence-corrected chi connectivity index (χ2v) is 6.53. The molecule has 0 radical (unpaired) electrons. The number of halogens is 1. The van der Waals surface area contributed by atoms with E-state index in [1.807, 2.05) is 65.6 Å². The van der Waals surface area contributed by atoms with Gasteiger partial charge < -0.3 is 4.74 Å². The molecule has 134 valence electrons. The Labute approximate surface area is 149 Å². The lowest BCUT2D eigenvalue weighted by atomic mass is 9.98. The zero-order chi connectivity index (χ0) is 18.2. The quantitative estimate of drug-likeness (QED) is 0.672. The number of hydrogen-bond acceptors (Lipinski definition) is 3. The number of carbonyl (C=O) groups excluding carboxylic acids is 1. The van der Waals surface area contributed by atoms with E-state index in [4.69, 9.17) is 4.74 Å². The molecule has 0 heterocycles. The van der Waals surface area contributed by atoms with Gasteiger partial charge in [0.2, 0.25) is 0 Å². The second kappa shape index (κ2) is 9.33. The van der Waals surface area contributed by atoms with E-state index in [0.29, 0.717) is 13.1 Å². The number of methoxy groups -OCH3 is 1. The van der Waals surface area contributed by atoms with E-state index in [-0.39, 0.29) is 5.92 Å². The number of carbonyl (C=O) groups is 1. The molecule has 2 aromatic rings. The molecule has 0 aliphatic heterocycles. The molecule has 25 heavy (non-hydrogen) atoms. The van der Waals surface area contributed by atoms with Crippen LogP contribution in [0.25, 0.3) is 0 Å². The maximum atomic E-state index is 14.9. The predicted molar refractivity (Wildman–Crippen MR) is 97.7 cm³/mol. The summed E-state index contributed by atoms with van der Waals surface area (Å²) in [5.74, 6) is -0.814. The number of nitrogens with zero attached hydrogens (tertiary/aromatic N) is 1. The molecular weight excluding hydrogens is 317 g/mol. The van der Waals surface area contributed by atoms with Gasteiger partial charge in [0.15, 0.2) is 0 Å². The Morgan fingerprint density at radius 1 is 0.960 bits per heavy atom. The summed E-state index contributed by atoms with van der Waals surface area (Å²) in [4.78, 5) is 14.2. The summed E-state index contributed by atoms with van der Waals surface area (Å²) in [7, 11) is 1.31. The first-order valence-electron chi connectivity index (χ1n) is 8.56. The van der Waals surface area contributed by atoms with E-state index in [2.05, 4.69) is 0 Å². The lowest BCUT2D eigenvalue weighted by Crippen LogP contribution is -2.49. The summed E-state index contributed by atoms with van der Waals surface area (Å²) in [6, 6.07) is 18.6. The van der Waals surface area contributed by atoms with Crippen LogP contribution in [-0.4, -0.2) is 30.2 Å². The van der Waals surface area contributed by atoms with Crippen LogP contribution in [0.3, 0.4) is 0 Å². The van der Waals surface area contributed by atoms with E-state index < -0.39 is 18.2 Å².